The quantitative estimate of drug-likeness (QED) is 0.567. The van der Waals surface area contributed by atoms with E-state index in [1.54, 1.807) is 7.11 Å². The number of nitrogens with one attached hydrogen (secondary N) is 1. The van der Waals surface area contributed by atoms with Gasteiger partial charge in [-0.05, 0) is 6.54 Å². The molecular weight excluding hydrogens is 140 g/mol. The van der Waals surface area contributed by atoms with Gasteiger partial charge in [0.05, 0.1) is 6.10 Å². The first-order valence-corrected chi connectivity index (χ1v) is 4.32. The third-order valence-electron chi connectivity index (χ3n) is 2.11. The van der Waals surface area contributed by atoms with E-state index in [1.807, 2.05) is 0 Å². The maximum absolute atomic E-state index is 5.16. The summed E-state index contributed by atoms with van der Waals surface area (Å²) in [4.78, 5) is 2.40. The molecule has 0 aromatic rings. The highest BCUT2D eigenvalue weighted by molar-refractivity contribution is 4.80. The fraction of sp³-hybridized carbons (Fsp3) is 1.00. The van der Waals surface area contributed by atoms with Gasteiger partial charge in [-0.1, -0.05) is 6.92 Å². The summed E-state index contributed by atoms with van der Waals surface area (Å²) in [5.74, 6) is 0. The highest BCUT2D eigenvalue weighted by Crippen LogP contribution is 2.08. The van der Waals surface area contributed by atoms with E-state index in [9.17, 15) is 0 Å². The monoisotopic (exact) mass is 158 g/mol. The molecule has 1 heterocycles. The minimum atomic E-state index is 0.497. The largest absolute Gasteiger partial charge is 0.379 e. The van der Waals surface area contributed by atoms with Crippen LogP contribution in [0.2, 0.25) is 0 Å². The number of hydrogen-bond acceptors (Lipinski definition) is 3. The molecule has 0 aliphatic carbocycles. The minimum absolute atomic E-state index is 0.497. The zero-order valence-electron chi connectivity index (χ0n) is 7.47. The number of ether oxygens (including phenoxy) is 1. The lowest BCUT2D eigenvalue weighted by atomic mass is 10.2. The van der Waals surface area contributed by atoms with Crippen LogP contribution >= 0.6 is 0 Å². The summed E-state index contributed by atoms with van der Waals surface area (Å²) >= 11 is 0. The van der Waals surface area contributed by atoms with E-state index < -0.39 is 0 Å². The number of nitrogens with zero attached hydrogens (tertiary/aromatic N) is 1. The molecule has 0 saturated carbocycles. The van der Waals surface area contributed by atoms with Crippen molar-refractivity contribution < 1.29 is 4.74 Å². The molecule has 1 aliphatic rings. The van der Waals surface area contributed by atoms with Crippen LogP contribution in [0.25, 0.3) is 0 Å². The number of likely N-dealkylation sites (N-methyl/N-ethyl adjacent to an activating group) is 1. The Labute approximate surface area is 68.7 Å². The summed E-state index contributed by atoms with van der Waals surface area (Å²) in [5.41, 5.74) is 0. The van der Waals surface area contributed by atoms with E-state index in [0.717, 1.165) is 32.7 Å². The molecule has 0 spiro atoms. The SMILES string of the molecule is CCNCCN1CC(OC)C1. The van der Waals surface area contributed by atoms with E-state index in [-0.39, 0.29) is 0 Å². The Balaban J connectivity index is 1.88. The standard InChI is InChI=1S/C8H18N2O/c1-3-9-4-5-10-6-8(7-10)11-2/h8-9H,3-7H2,1-2H3. The molecule has 0 radical (unpaired) electrons. The van der Waals surface area contributed by atoms with Crippen LogP contribution in [0.3, 0.4) is 0 Å². The third kappa shape index (κ3) is 2.77. The lowest BCUT2D eigenvalue weighted by Crippen LogP contribution is -2.53. The Bertz CT molecular complexity index is 102. The van der Waals surface area contributed by atoms with E-state index in [4.69, 9.17) is 4.74 Å². The van der Waals surface area contributed by atoms with Crippen LogP contribution in [0, 0.1) is 0 Å². The van der Waals surface area contributed by atoms with Crippen molar-refractivity contribution in [3.8, 4) is 0 Å². The molecular formula is C8H18N2O. The molecule has 3 heteroatoms. The van der Waals surface area contributed by atoms with Gasteiger partial charge >= 0.3 is 0 Å². The lowest BCUT2D eigenvalue weighted by Gasteiger charge is -2.38. The molecule has 0 unspecified atom stereocenters. The van der Waals surface area contributed by atoms with Crippen LogP contribution in [0.4, 0.5) is 0 Å². The van der Waals surface area contributed by atoms with Crippen molar-refractivity contribution >= 4 is 0 Å². The van der Waals surface area contributed by atoms with Crippen molar-refractivity contribution in [2.45, 2.75) is 13.0 Å². The minimum Gasteiger partial charge on any atom is -0.379 e. The van der Waals surface area contributed by atoms with E-state index in [1.165, 1.54) is 0 Å². The first kappa shape index (κ1) is 8.97. The summed E-state index contributed by atoms with van der Waals surface area (Å²) in [6.45, 7) is 7.69. The summed E-state index contributed by atoms with van der Waals surface area (Å²) in [6, 6.07) is 0. The fourth-order valence-corrected chi connectivity index (χ4v) is 1.27. The fourth-order valence-electron chi connectivity index (χ4n) is 1.27. The van der Waals surface area contributed by atoms with E-state index in [0.29, 0.717) is 6.10 Å². The van der Waals surface area contributed by atoms with Crippen LogP contribution in [0.5, 0.6) is 0 Å². The van der Waals surface area contributed by atoms with Crippen molar-refractivity contribution in [2.24, 2.45) is 0 Å². The topological polar surface area (TPSA) is 24.5 Å². The first-order valence-electron chi connectivity index (χ1n) is 4.32. The molecule has 1 rings (SSSR count). The predicted molar refractivity (Wildman–Crippen MR) is 45.8 cm³/mol. The average Bonchev–Trinajstić information content (AvgIpc) is 1.94. The molecule has 11 heavy (non-hydrogen) atoms. The molecule has 0 aromatic heterocycles. The molecule has 0 bridgehead atoms. The first-order chi connectivity index (χ1) is 5.36. The Morgan fingerprint density at radius 1 is 1.55 bits per heavy atom. The Morgan fingerprint density at radius 2 is 2.27 bits per heavy atom. The van der Waals surface area contributed by atoms with E-state index >= 15 is 0 Å². The maximum atomic E-state index is 5.16. The molecule has 1 aliphatic heterocycles. The van der Waals surface area contributed by atoms with Gasteiger partial charge in [-0.2, -0.15) is 0 Å². The molecule has 0 aromatic carbocycles. The maximum Gasteiger partial charge on any atom is 0.0824 e. The van der Waals surface area contributed by atoms with Gasteiger partial charge in [0.15, 0.2) is 0 Å². The van der Waals surface area contributed by atoms with Crippen LogP contribution in [-0.2, 0) is 4.74 Å². The Morgan fingerprint density at radius 3 is 2.82 bits per heavy atom. The summed E-state index contributed by atoms with van der Waals surface area (Å²) in [5, 5.41) is 3.30. The number of rotatable bonds is 5. The van der Waals surface area contributed by atoms with Gasteiger partial charge in [0.1, 0.15) is 0 Å². The molecule has 0 amide bonds. The zero-order chi connectivity index (χ0) is 8.10. The lowest BCUT2D eigenvalue weighted by molar-refractivity contribution is -0.0282. The highest BCUT2D eigenvalue weighted by atomic mass is 16.5. The molecule has 1 fully saturated rings. The molecule has 3 nitrogen and oxygen atoms in total. The summed E-state index contributed by atoms with van der Waals surface area (Å²) < 4.78 is 5.16. The van der Waals surface area contributed by atoms with E-state index in [2.05, 4.69) is 17.1 Å². The Kier molecular flexibility index (Phi) is 3.83. The third-order valence-corrected chi connectivity index (χ3v) is 2.11. The van der Waals surface area contributed by atoms with Gasteiger partial charge in [0.25, 0.3) is 0 Å². The van der Waals surface area contributed by atoms with Gasteiger partial charge < -0.3 is 10.1 Å². The summed E-state index contributed by atoms with van der Waals surface area (Å²) in [7, 11) is 1.78. The number of methoxy groups -OCH3 is 1. The van der Waals surface area contributed by atoms with Crippen LogP contribution in [0.15, 0.2) is 0 Å². The van der Waals surface area contributed by atoms with Crippen molar-refractivity contribution in [1.82, 2.24) is 10.2 Å². The van der Waals surface area contributed by atoms with Gasteiger partial charge in [0.2, 0.25) is 0 Å². The zero-order valence-corrected chi connectivity index (χ0v) is 7.47. The van der Waals surface area contributed by atoms with Gasteiger partial charge in [0, 0.05) is 33.3 Å². The van der Waals surface area contributed by atoms with Crippen LogP contribution in [-0.4, -0.2) is 50.8 Å². The normalized spacial score (nSPS) is 20.2. The second kappa shape index (κ2) is 4.70. The average molecular weight is 158 g/mol. The van der Waals surface area contributed by atoms with Crippen LogP contribution < -0.4 is 5.32 Å². The smallest absolute Gasteiger partial charge is 0.0824 e. The molecule has 66 valence electrons. The number of hydrogen-bond donors (Lipinski definition) is 1. The second-order valence-electron chi connectivity index (χ2n) is 2.97. The van der Waals surface area contributed by atoms with Gasteiger partial charge in [-0.3, -0.25) is 4.90 Å². The number of likely N-dealkylation sites (tertiary alicyclic amines) is 1. The molecule has 1 saturated heterocycles. The van der Waals surface area contributed by atoms with Crippen molar-refractivity contribution in [1.29, 1.82) is 0 Å². The summed E-state index contributed by atoms with van der Waals surface area (Å²) in [6.07, 6.45) is 0.497. The van der Waals surface area contributed by atoms with Crippen molar-refractivity contribution in [3.05, 3.63) is 0 Å². The molecule has 1 N–H and O–H groups in total. The second-order valence-corrected chi connectivity index (χ2v) is 2.97. The highest BCUT2D eigenvalue weighted by Gasteiger charge is 2.24. The predicted octanol–water partition coefficient (Wildman–Crippen LogP) is -0.0735. The van der Waals surface area contributed by atoms with Gasteiger partial charge in [-0.15, -0.1) is 0 Å². The van der Waals surface area contributed by atoms with Crippen LogP contribution in [0.1, 0.15) is 6.92 Å². The van der Waals surface area contributed by atoms with Crippen molar-refractivity contribution in [3.63, 3.8) is 0 Å². The van der Waals surface area contributed by atoms with Crippen molar-refractivity contribution in [2.75, 3.05) is 39.8 Å². The molecule has 0 atom stereocenters. The van der Waals surface area contributed by atoms with Gasteiger partial charge in [-0.25, -0.2) is 0 Å². The Hall–Kier alpha value is -0.120.